The number of halogens is 3. The predicted octanol–water partition coefficient (Wildman–Crippen LogP) is 2.33. The number of carboxylic acid groups (broad SMARTS) is 1. The van der Waals surface area contributed by atoms with Crippen LogP contribution >= 0.6 is 11.6 Å². The fraction of sp³-hybridized carbons (Fsp3) is 0.167. The van der Waals surface area contributed by atoms with Crippen LogP contribution in [-0.4, -0.2) is 35.0 Å². The summed E-state index contributed by atoms with van der Waals surface area (Å²) in [4.78, 5) is 23.3. The molecule has 1 aromatic rings. The standard InChI is InChI=1S/C12H10ClF2NO3/c1-2-3-16(6-11(17)18)12(19)7-4-10(15)8(13)5-9(7)14/h2,4-5H,1,3,6H2,(H,17,18). The van der Waals surface area contributed by atoms with Gasteiger partial charge in [0.1, 0.15) is 18.2 Å². The highest BCUT2D eigenvalue weighted by molar-refractivity contribution is 6.30. The summed E-state index contributed by atoms with van der Waals surface area (Å²) >= 11 is 5.37. The maximum Gasteiger partial charge on any atom is 0.323 e. The minimum atomic E-state index is -1.27. The van der Waals surface area contributed by atoms with E-state index in [1.165, 1.54) is 6.08 Å². The van der Waals surface area contributed by atoms with E-state index in [0.717, 1.165) is 4.90 Å². The van der Waals surface area contributed by atoms with Crippen molar-refractivity contribution in [3.8, 4) is 0 Å². The third-order valence-corrected chi connectivity index (χ3v) is 2.49. The Balaban J connectivity index is 3.12. The monoisotopic (exact) mass is 289 g/mol. The van der Waals surface area contributed by atoms with Crippen molar-refractivity contribution >= 4 is 23.5 Å². The summed E-state index contributed by atoms with van der Waals surface area (Å²) in [6.45, 7) is 2.62. The SMILES string of the molecule is C=CCN(CC(=O)O)C(=O)c1cc(F)c(Cl)cc1F. The number of amides is 1. The molecule has 1 amide bonds. The van der Waals surface area contributed by atoms with Gasteiger partial charge in [0.05, 0.1) is 10.6 Å². The van der Waals surface area contributed by atoms with E-state index in [2.05, 4.69) is 6.58 Å². The average molecular weight is 290 g/mol. The number of rotatable bonds is 5. The highest BCUT2D eigenvalue weighted by atomic mass is 35.5. The first-order chi connectivity index (χ1) is 8.86. The Kier molecular flexibility index (Phi) is 5.00. The number of hydrogen-bond acceptors (Lipinski definition) is 2. The number of carboxylic acids is 1. The largest absolute Gasteiger partial charge is 0.480 e. The Hall–Kier alpha value is -1.95. The Bertz CT molecular complexity index is 534. The maximum atomic E-state index is 13.5. The van der Waals surface area contributed by atoms with Gasteiger partial charge in [0.15, 0.2) is 0 Å². The molecule has 7 heteroatoms. The van der Waals surface area contributed by atoms with Crippen molar-refractivity contribution in [1.29, 1.82) is 0 Å². The van der Waals surface area contributed by atoms with E-state index in [1.54, 1.807) is 0 Å². The molecule has 4 nitrogen and oxygen atoms in total. The molecular weight excluding hydrogens is 280 g/mol. The zero-order chi connectivity index (χ0) is 14.6. The third-order valence-electron chi connectivity index (χ3n) is 2.20. The smallest absolute Gasteiger partial charge is 0.323 e. The molecule has 0 aromatic heterocycles. The second-order valence-corrected chi connectivity index (χ2v) is 4.02. The summed E-state index contributed by atoms with van der Waals surface area (Å²) in [5.74, 6) is -4.20. The normalized spacial score (nSPS) is 10.1. The Morgan fingerprint density at radius 2 is 2.00 bits per heavy atom. The zero-order valence-corrected chi connectivity index (χ0v) is 10.5. The molecule has 0 aliphatic heterocycles. The number of hydrogen-bond donors (Lipinski definition) is 1. The van der Waals surface area contributed by atoms with Gasteiger partial charge in [0.2, 0.25) is 0 Å². The first kappa shape index (κ1) is 15.1. The van der Waals surface area contributed by atoms with Crippen molar-refractivity contribution in [3.05, 3.63) is 47.0 Å². The zero-order valence-electron chi connectivity index (χ0n) is 9.70. The second-order valence-electron chi connectivity index (χ2n) is 3.61. The fourth-order valence-corrected chi connectivity index (χ4v) is 1.55. The van der Waals surface area contributed by atoms with Gasteiger partial charge in [0.25, 0.3) is 5.91 Å². The molecule has 0 aliphatic rings. The Morgan fingerprint density at radius 3 is 2.53 bits per heavy atom. The lowest BCUT2D eigenvalue weighted by atomic mass is 10.1. The van der Waals surface area contributed by atoms with Crippen LogP contribution in [0.25, 0.3) is 0 Å². The molecule has 0 fully saturated rings. The van der Waals surface area contributed by atoms with Crippen molar-refractivity contribution in [2.24, 2.45) is 0 Å². The minimum Gasteiger partial charge on any atom is -0.480 e. The van der Waals surface area contributed by atoms with E-state index in [1.807, 2.05) is 0 Å². The molecule has 102 valence electrons. The first-order valence-corrected chi connectivity index (χ1v) is 5.51. The van der Waals surface area contributed by atoms with Gasteiger partial charge in [-0.1, -0.05) is 17.7 Å². The Morgan fingerprint density at radius 1 is 1.37 bits per heavy atom. The first-order valence-electron chi connectivity index (χ1n) is 5.13. The predicted molar refractivity (Wildman–Crippen MR) is 65.1 cm³/mol. The fourth-order valence-electron chi connectivity index (χ4n) is 1.40. The molecule has 0 bridgehead atoms. The summed E-state index contributed by atoms with van der Waals surface area (Å²) < 4.78 is 26.8. The van der Waals surface area contributed by atoms with Crippen LogP contribution in [0.3, 0.4) is 0 Å². The van der Waals surface area contributed by atoms with Gasteiger partial charge in [-0.15, -0.1) is 6.58 Å². The van der Waals surface area contributed by atoms with Crippen molar-refractivity contribution < 1.29 is 23.5 Å². The molecule has 0 unspecified atom stereocenters. The number of carbonyl (C=O) groups excluding carboxylic acids is 1. The molecule has 0 radical (unpaired) electrons. The van der Waals surface area contributed by atoms with Gasteiger partial charge in [-0.05, 0) is 12.1 Å². The van der Waals surface area contributed by atoms with E-state index >= 15 is 0 Å². The van der Waals surface area contributed by atoms with E-state index in [-0.39, 0.29) is 6.54 Å². The Labute approximate surface area is 112 Å². The van der Waals surface area contributed by atoms with Crippen LogP contribution in [0.15, 0.2) is 24.8 Å². The topological polar surface area (TPSA) is 57.6 Å². The molecule has 19 heavy (non-hydrogen) atoms. The average Bonchev–Trinajstić information content (AvgIpc) is 2.32. The molecule has 0 heterocycles. The second kappa shape index (κ2) is 6.29. The van der Waals surface area contributed by atoms with Gasteiger partial charge >= 0.3 is 5.97 Å². The van der Waals surface area contributed by atoms with Crippen molar-refractivity contribution in [2.45, 2.75) is 0 Å². The maximum absolute atomic E-state index is 13.5. The van der Waals surface area contributed by atoms with Crippen LogP contribution in [0.1, 0.15) is 10.4 Å². The molecule has 0 saturated carbocycles. The van der Waals surface area contributed by atoms with Crippen LogP contribution in [0.4, 0.5) is 8.78 Å². The van der Waals surface area contributed by atoms with Crippen molar-refractivity contribution in [3.63, 3.8) is 0 Å². The van der Waals surface area contributed by atoms with E-state index in [9.17, 15) is 18.4 Å². The molecule has 1 rings (SSSR count). The van der Waals surface area contributed by atoms with E-state index in [0.29, 0.717) is 12.1 Å². The molecule has 1 aromatic carbocycles. The van der Waals surface area contributed by atoms with Crippen molar-refractivity contribution in [1.82, 2.24) is 4.90 Å². The highest BCUT2D eigenvalue weighted by Crippen LogP contribution is 2.20. The van der Waals surface area contributed by atoms with Gasteiger partial charge in [-0.3, -0.25) is 9.59 Å². The number of nitrogens with zero attached hydrogens (tertiary/aromatic N) is 1. The lowest BCUT2D eigenvalue weighted by Crippen LogP contribution is -2.36. The van der Waals surface area contributed by atoms with Gasteiger partial charge in [-0.25, -0.2) is 8.78 Å². The summed E-state index contributed by atoms with van der Waals surface area (Å²) in [7, 11) is 0. The molecular formula is C12H10ClF2NO3. The van der Waals surface area contributed by atoms with Crippen LogP contribution < -0.4 is 0 Å². The van der Waals surface area contributed by atoms with Crippen molar-refractivity contribution in [2.75, 3.05) is 13.1 Å². The summed E-state index contributed by atoms with van der Waals surface area (Å²) in [5.41, 5.74) is -0.579. The quantitative estimate of drug-likeness (QED) is 0.668. The minimum absolute atomic E-state index is 0.102. The van der Waals surface area contributed by atoms with Crippen LogP contribution in [0.2, 0.25) is 5.02 Å². The molecule has 0 atom stereocenters. The lowest BCUT2D eigenvalue weighted by molar-refractivity contribution is -0.137. The van der Waals surface area contributed by atoms with Crippen LogP contribution in [0, 0.1) is 11.6 Å². The third kappa shape index (κ3) is 3.75. The molecule has 1 N–H and O–H groups in total. The summed E-state index contributed by atoms with van der Waals surface area (Å²) in [6.07, 6.45) is 1.28. The summed E-state index contributed by atoms with van der Waals surface area (Å²) in [5, 5.41) is 8.20. The summed E-state index contributed by atoms with van der Waals surface area (Å²) in [6, 6.07) is 1.30. The van der Waals surface area contributed by atoms with Crippen LogP contribution in [0.5, 0.6) is 0 Å². The van der Waals surface area contributed by atoms with Gasteiger partial charge in [0, 0.05) is 6.54 Å². The van der Waals surface area contributed by atoms with Gasteiger partial charge < -0.3 is 10.0 Å². The number of benzene rings is 1. The number of aliphatic carboxylic acids is 1. The molecule has 0 saturated heterocycles. The molecule has 0 aliphatic carbocycles. The van der Waals surface area contributed by atoms with E-state index < -0.39 is 40.6 Å². The van der Waals surface area contributed by atoms with Gasteiger partial charge in [-0.2, -0.15) is 0 Å². The number of carbonyl (C=O) groups is 2. The molecule has 0 spiro atoms. The lowest BCUT2D eigenvalue weighted by Gasteiger charge is -2.19. The van der Waals surface area contributed by atoms with E-state index in [4.69, 9.17) is 16.7 Å². The van der Waals surface area contributed by atoms with Crippen LogP contribution in [-0.2, 0) is 4.79 Å². The highest BCUT2D eigenvalue weighted by Gasteiger charge is 2.22.